The van der Waals surface area contributed by atoms with Crippen LogP contribution in [0.2, 0.25) is 0 Å². The van der Waals surface area contributed by atoms with Crippen LogP contribution in [0.1, 0.15) is 19.4 Å². The zero-order chi connectivity index (χ0) is 12.3. The molecule has 0 spiro atoms. The molecule has 1 aromatic heterocycles. The molecule has 0 aliphatic rings. The quantitative estimate of drug-likeness (QED) is 0.915. The van der Waals surface area contributed by atoms with Crippen molar-refractivity contribution >= 4 is 45.6 Å². The van der Waals surface area contributed by atoms with Gasteiger partial charge in [-0.25, -0.2) is 0 Å². The van der Waals surface area contributed by atoms with E-state index < -0.39 is 6.04 Å². The van der Waals surface area contributed by atoms with Crippen LogP contribution in [0.5, 0.6) is 0 Å². The largest absolute Gasteiger partial charge is 0.340 e. The molecule has 0 aliphatic carbocycles. The summed E-state index contributed by atoms with van der Waals surface area (Å²) in [4.78, 5) is 13.6. The molecule has 2 N–H and O–H groups in total. The molecule has 0 aliphatic heterocycles. The van der Waals surface area contributed by atoms with Crippen LogP contribution < -0.4 is 5.73 Å². The van der Waals surface area contributed by atoms with E-state index >= 15 is 0 Å². The first-order valence-electron chi connectivity index (χ1n) is 5.15. The van der Waals surface area contributed by atoms with Crippen LogP contribution in [-0.2, 0) is 11.3 Å². The molecule has 1 amide bonds. The van der Waals surface area contributed by atoms with Crippen LogP contribution in [0.4, 0.5) is 0 Å². The molecule has 3 nitrogen and oxygen atoms in total. The normalized spacial score (nSPS) is 12.1. The molecule has 1 heterocycles. The van der Waals surface area contributed by atoms with E-state index in [4.69, 9.17) is 5.73 Å². The third-order valence-electron chi connectivity index (χ3n) is 2.42. The van der Waals surface area contributed by atoms with Crippen molar-refractivity contribution in [2.75, 3.05) is 7.05 Å². The second-order valence-electron chi connectivity index (χ2n) is 4.22. The van der Waals surface area contributed by atoms with Gasteiger partial charge in [0.2, 0.25) is 5.91 Å². The Bertz CT molecular complexity index is 370. The molecule has 1 aromatic rings. The van der Waals surface area contributed by atoms with Gasteiger partial charge < -0.3 is 10.6 Å². The topological polar surface area (TPSA) is 46.3 Å². The van der Waals surface area contributed by atoms with Gasteiger partial charge in [-0.1, -0.05) is 13.8 Å². The number of likely N-dealkylation sites (N-methyl/N-ethyl adjacent to an activating group) is 1. The number of nitrogens with two attached hydrogens (primary N) is 1. The molecule has 0 fully saturated rings. The summed E-state index contributed by atoms with van der Waals surface area (Å²) < 4.78 is 1.08. The molecule has 0 radical (unpaired) electrons. The number of thiophene rings is 1. The van der Waals surface area contributed by atoms with Crippen molar-refractivity contribution < 1.29 is 4.79 Å². The number of carbonyl (C=O) groups excluding carboxylic acids is 1. The van der Waals surface area contributed by atoms with Crippen LogP contribution in [0.3, 0.4) is 0 Å². The maximum absolute atomic E-state index is 11.9. The van der Waals surface area contributed by atoms with Gasteiger partial charge in [0, 0.05) is 13.6 Å². The highest BCUT2D eigenvalue weighted by Crippen LogP contribution is 2.21. The van der Waals surface area contributed by atoms with Crippen molar-refractivity contribution in [3.05, 3.63) is 20.8 Å². The number of halogens is 2. The van der Waals surface area contributed by atoms with Gasteiger partial charge in [-0.15, -0.1) is 23.7 Å². The number of rotatable bonds is 4. The maximum Gasteiger partial charge on any atom is 0.239 e. The van der Waals surface area contributed by atoms with Crippen molar-refractivity contribution in [2.24, 2.45) is 11.7 Å². The van der Waals surface area contributed by atoms with Gasteiger partial charge in [0.05, 0.1) is 9.83 Å². The van der Waals surface area contributed by atoms with Gasteiger partial charge in [0.15, 0.2) is 0 Å². The first kappa shape index (κ1) is 16.9. The van der Waals surface area contributed by atoms with Crippen LogP contribution in [0.25, 0.3) is 0 Å². The lowest BCUT2D eigenvalue weighted by Gasteiger charge is -2.23. The molecule has 0 bridgehead atoms. The van der Waals surface area contributed by atoms with Gasteiger partial charge in [0.25, 0.3) is 0 Å². The standard InChI is InChI=1S/C11H17BrN2OS.ClH/c1-7(2)10(13)11(15)14(3)5-8-4-9(12)16-6-8;/h4,6-7,10H,5,13H2,1-3H3;1H. The summed E-state index contributed by atoms with van der Waals surface area (Å²) >= 11 is 5.02. The Balaban J connectivity index is 0.00000256. The van der Waals surface area contributed by atoms with E-state index in [0.29, 0.717) is 6.54 Å². The van der Waals surface area contributed by atoms with E-state index in [-0.39, 0.29) is 24.2 Å². The Kier molecular flexibility index (Phi) is 7.32. The zero-order valence-corrected chi connectivity index (χ0v) is 13.4. The van der Waals surface area contributed by atoms with E-state index in [1.807, 2.05) is 25.3 Å². The smallest absolute Gasteiger partial charge is 0.239 e. The van der Waals surface area contributed by atoms with E-state index in [0.717, 1.165) is 9.35 Å². The predicted octanol–water partition coefficient (Wildman–Crippen LogP) is 2.87. The Morgan fingerprint density at radius 2 is 2.18 bits per heavy atom. The van der Waals surface area contributed by atoms with Gasteiger partial charge in [-0.05, 0) is 38.9 Å². The van der Waals surface area contributed by atoms with E-state index in [1.54, 1.807) is 23.3 Å². The SMILES string of the molecule is CC(C)C(N)C(=O)N(C)Cc1csc(Br)c1.Cl. The summed E-state index contributed by atoms with van der Waals surface area (Å²) in [5.41, 5.74) is 6.95. The van der Waals surface area contributed by atoms with E-state index in [2.05, 4.69) is 15.9 Å². The average molecular weight is 342 g/mol. The summed E-state index contributed by atoms with van der Waals surface area (Å²) in [7, 11) is 1.79. The van der Waals surface area contributed by atoms with Crippen LogP contribution in [0, 0.1) is 5.92 Å². The van der Waals surface area contributed by atoms with Crippen molar-refractivity contribution in [3.63, 3.8) is 0 Å². The zero-order valence-electron chi connectivity index (χ0n) is 10.1. The Morgan fingerprint density at radius 3 is 2.59 bits per heavy atom. The lowest BCUT2D eigenvalue weighted by Crippen LogP contribution is -2.44. The van der Waals surface area contributed by atoms with Crippen molar-refractivity contribution in [2.45, 2.75) is 26.4 Å². The maximum atomic E-state index is 11.9. The highest BCUT2D eigenvalue weighted by Gasteiger charge is 2.21. The monoisotopic (exact) mass is 340 g/mol. The summed E-state index contributed by atoms with van der Waals surface area (Å²) in [5, 5.41) is 2.04. The number of hydrogen-bond acceptors (Lipinski definition) is 3. The molecule has 0 saturated carbocycles. The summed E-state index contributed by atoms with van der Waals surface area (Å²) in [6, 6.07) is 1.61. The van der Waals surface area contributed by atoms with Crippen molar-refractivity contribution in [1.29, 1.82) is 0 Å². The molecule has 1 rings (SSSR count). The number of carbonyl (C=O) groups is 1. The molecule has 6 heteroatoms. The molecular weight excluding hydrogens is 324 g/mol. The lowest BCUT2D eigenvalue weighted by molar-refractivity contribution is -0.132. The summed E-state index contributed by atoms with van der Waals surface area (Å²) in [5.74, 6) is 0.168. The number of nitrogens with zero attached hydrogens (tertiary/aromatic N) is 1. The minimum Gasteiger partial charge on any atom is -0.340 e. The van der Waals surface area contributed by atoms with E-state index in [1.165, 1.54) is 0 Å². The average Bonchev–Trinajstić information content (AvgIpc) is 2.61. The fourth-order valence-corrected chi connectivity index (χ4v) is 2.52. The highest BCUT2D eigenvalue weighted by molar-refractivity contribution is 9.11. The summed E-state index contributed by atoms with van der Waals surface area (Å²) in [6.45, 7) is 4.52. The molecule has 98 valence electrons. The Morgan fingerprint density at radius 1 is 1.59 bits per heavy atom. The molecule has 0 aromatic carbocycles. The second kappa shape index (κ2) is 7.36. The Labute approximate surface area is 121 Å². The van der Waals surface area contributed by atoms with Gasteiger partial charge >= 0.3 is 0 Å². The van der Waals surface area contributed by atoms with Gasteiger partial charge in [0.1, 0.15) is 0 Å². The minimum atomic E-state index is -0.410. The number of amides is 1. The summed E-state index contributed by atoms with van der Waals surface area (Å²) in [6.07, 6.45) is 0. The van der Waals surface area contributed by atoms with Crippen LogP contribution >= 0.6 is 39.7 Å². The molecule has 1 atom stereocenters. The fraction of sp³-hybridized carbons (Fsp3) is 0.545. The van der Waals surface area contributed by atoms with Crippen molar-refractivity contribution in [3.8, 4) is 0 Å². The third kappa shape index (κ3) is 4.95. The Hall–Kier alpha value is -0.100. The second-order valence-corrected chi connectivity index (χ2v) is 6.51. The first-order chi connectivity index (χ1) is 7.41. The third-order valence-corrected chi connectivity index (χ3v) is 3.97. The van der Waals surface area contributed by atoms with Gasteiger partial charge in [-0.2, -0.15) is 0 Å². The number of hydrogen-bond donors (Lipinski definition) is 1. The fourth-order valence-electron chi connectivity index (χ4n) is 1.32. The lowest BCUT2D eigenvalue weighted by atomic mass is 10.0. The minimum absolute atomic E-state index is 0. The van der Waals surface area contributed by atoms with Gasteiger partial charge in [-0.3, -0.25) is 4.79 Å². The highest BCUT2D eigenvalue weighted by atomic mass is 79.9. The van der Waals surface area contributed by atoms with E-state index in [9.17, 15) is 4.79 Å². The van der Waals surface area contributed by atoms with Crippen molar-refractivity contribution in [1.82, 2.24) is 4.90 Å². The molecule has 0 saturated heterocycles. The molecular formula is C11H18BrClN2OS. The molecule has 17 heavy (non-hydrogen) atoms. The predicted molar refractivity (Wildman–Crippen MR) is 78.6 cm³/mol. The first-order valence-corrected chi connectivity index (χ1v) is 6.82. The molecule has 1 unspecified atom stereocenters. The van der Waals surface area contributed by atoms with Crippen LogP contribution in [0.15, 0.2) is 15.2 Å². The van der Waals surface area contributed by atoms with Crippen LogP contribution in [-0.4, -0.2) is 23.9 Å².